The molecule has 0 spiro atoms. The van der Waals surface area contributed by atoms with Gasteiger partial charge in [-0.2, -0.15) is 0 Å². The summed E-state index contributed by atoms with van der Waals surface area (Å²) in [7, 11) is -3.42. The Morgan fingerprint density at radius 3 is 2.50 bits per heavy atom. The van der Waals surface area contributed by atoms with Gasteiger partial charge < -0.3 is 0 Å². The van der Waals surface area contributed by atoms with E-state index in [1.165, 1.54) is 0 Å². The van der Waals surface area contributed by atoms with Gasteiger partial charge in [-0.3, -0.25) is 4.72 Å². The van der Waals surface area contributed by atoms with Crippen LogP contribution in [0.3, 0.4) is 0 Å². The highest BCUT2D eigenvalue weighted by atomic mass is 79.9. The van der Waals surface area contributed by atoms with Crippen LogP contribution in [0.5, 0.6) is 0 Å². The normalized spacial score (nSPS) is 11.4. The molecule has 0 aliphatic carbocycles. The first-order valence-corrected chi connectivity index (χ1v) is 6.48. The lowest BCUT2D eigenvalue weighted by molar-refractivity contribution is 0.606. The van der Waals surface area contributed by atoms with Crippen LogP contribution in [0.2, 0.25) is 5.02 Å². The minimum atomic E-state index is -3.42. The number of sulfonamides is 1. The van der Waals surface area contributed by atoms with Crippen molar-refractivity contribution in [2.75, 3.05) is 11.0 Å². The minimum absolute atomic E-state index is 0.00213. The van der Waals surface area contributed by atoms with Crippen LogP contribution < -0.4 is 4.72 Å². The van der Waals surface area contributed by atoms with Crippen molar-refractivity contribution in [2.45, 2.75) is 0 Å². The summed E-state index contributed by atoms with van der Waals surface area (Å²) < 4.78 is 37.0. The molecule has 1 N–H and O–H groups in total. The number of hydrogen-bond acceptors (Lipinski definition) is 2. The first kappa shape index (κ1) is 11.7. The second-order valence-corrected chi connectivity index (χ2v) is 5.63. The van der Waals surface area contributed by atoms with Gasteiger partial charge in [-0.05, 0) is 28.1 Å². The molecule has 0 heterocycles. The van der Waals surface area contributed by atoms with Gasteiger partial charge in [0, 0.05) is 4.47 Å². The van der Waals surface area contributed by atoms with Gasteiger partial charge in [-0.1, -0.05) is 11.6 Å². The Bertz CT molecular complexity index is 440. The van der Waals surface area contributed by atoms with Crippen molar-refractivity contribution < 1.29 is 12.8 Å². The SMILES string of the molecule is CS(=O)(=O)Nc1c(Cl)cc(F)cc1Br. The Kier molecular flexibility index (Phi) is 3.39. The van der Waals surface area contributed by atoms with E-state index in [2.05, 4.69) is 20.7 Å². The van der Waals surface area contributed by atoms with Crippen LogP contribution in [0.1, 0.15) is 0 Å². The molecule has 0 amide bonds. The van der Waals surface area contributed by atoms with Crippen LogP contribution in [0.15, 0.2) is 16.6 Å². The van der Waals surface area contributed by atoms with Gasteiger partial charge in [-0.15, -0.1) is 0 Å². The van der Waals surface area contributed by atoms with E-state index in [1.54, 1.807) is 0 Å². The Balaban J connectivity index is 3.22. The van der Waals surface area contributed by atoms with Crippen molar-refractivity contribution in [2.24, 2.45) is 0 Å². The van der Waals surface area contributed by atoms with E-state index in [9.17, 15) is 12.8 Å². The number of anilines is 1. The van der Waals surface area contributed by atoms with Crippen LogP contribution in [0.25, 0.3) is 0 Å². The van der Waals surface area contributed by atoms with Crippen LogP contribution in [-0.4, -0.2) is 14.7 Å². The summed E-state index contributed by atoms with van der Waals surface area (Å²) in [6.07, 6.45) is 0.985. The third-order valence-electron chi connectivity index (χ3n) is 1.29. The number of benzene rings is 1. The lowest BCUT2D eigenvalue weighted by atomic mass is 10.3. The molecule has 0 bridgehead atoms. The Hall–Kier alpha value is -0.330. The van der Waals surface area contributed by atoms with Gasteiger partial charge in [0.15, 0.2) is 0 Å². The molecule has 1 aromatic rings. The molecule has 3 nitrogen and oxygen atoms in total. The molecule has 14 heavy (non-hydrogen) atoms. The monoisotopic (exact) mass is 301 g/mol. The van der Waals surface area contributed by atoms with Crippen molar-refractivity contribution in [1.29, 1.82) is 0 Å². The maximum Gasteiger partial charge on any atom is 0.229 e. The minimum Gasteiger partial charge on any atom is -0.281 e. The number of nitrogens with one attached hydrogen (secondary N) is 1. The second kappa shape index (κ2) is 4.04. The number of halogens is 3. The quantitative estimate of drug-likeness (QED) is 0.913. The highest BCUT2D eigenvalue weighted by Crippen LogP contribution is 2.32. The molecule has 0 aliphatic heterocycles. The van der Waals surface area contributed by atoms with Gasteiger partial charge >= 0.3 is 0 Å². The molecule has 1 aromatic carbocycles. The zero-order chi connectivity index (χ0) is 10.9. The summed E-state index contributed by atoms with van der Waals surface area (Å²) in [5, 5.41) is 0.00213. The Morgan fingerprint density at radius 1 is 1.50 bits per heavy atom. The Morgan fingerprint density at radius 2 is 2.07 bits per heavy atom. The van der Waals surface area contributed by atoms with Gasteiger partial charge in [0.2, 0.25) is 10.0 Å². The van der Waals surface area contributed by atoms with Crippen molar-refractivity contribution in [3.05, 3.63) is 27.4 Å². The molecule has 0 fully saturated rings. The fourth-order valence-electron chi connectivity index (χ4n) is 0.825. The third kappa shape index (κ3) is 3.11. The van der Waals surface area contributed by atoms with Crippen LogP contribution in [0.4, 0.5) is 10.1 Å². The first-order chi connectivity index (χ1) is 6.29. The standard InChI is InChI=1S/C7H6BrClFNO2S/c1-14(12,13)11-7-5(8)2-4(10)3-6(7)9/h2-3,11H,1H3. The summed E-state index contributed by atoms with van der Waals surface area (Å²) in [5.41, 5.74) is 0.135. The summed E-state index contributed by atoms with van der Waals surface area (Å²) in [4.78, 5) is 0. The summed E-state index contributed by atoms with van der Waals surface area (Å²) in [6.45, 7) is 0. The summed E-state index contributed by atoms with van der Waals surface area (Å²) in [6, 6.07) is 2.15. The average molecular weight is 303 g/mol. The maximum absolute atomic E-state index is 12.7. The average Bonchev–Trinajstić information content (AvgIpc) is 1.95. The van der Waals surface area contributed by atoms with E-state index in [-0.39, 0.29) is 15.2 Å². The second-order valence-electron chi connectivity index (χ2n) is 2.62. The molecule has 1 rings (SSSR count). The van der Waals surface area contributed by atoms with Crippen molar-refractivity contribution in [3.8, 4) is 0 Å². The van der Waals surface area contributed by atoms with Gasteiger partial charge in [0.05, 0.1) is 17.0 Å². The summed E-state index contributed by atoms with van der Waals surface area (Å²) >= 11 is 8.64. The predicted octanol–water partition coefficient (Wildman–Crippen LogP) is 2.61. The molecule has 0 unspecified atom stereocenters. The van der Waals surface area contributed by atoms with Crippen molar-refractivity contribution in [1.82, 2.24) is 0 Å². The van der Waals surface area contributed by atoms with Crippen LogP contribution >= 0.6 is 27.5 Å². The molecule has 0 aromatic heterocycles. The molecular weight excluding hydrogens is 297 g/mol. The van der Waals surface area contributed by atoms with Gasteiger partial charge in [0.25, 0.3) is 0 Å². The van der Waals surface area contributed by atoms with Crippen molar-refractivity contribution >= 4 is 43.2 Å². The molecule has 0 aliphatic rings. The molecule has 7 heteroatoms. The Labute approximate surface area is 94.4 Å². The molecule has 0 atom stereocenters. The van der Waals surface area contributed by atoms with Gasteiger partial charge in [-0.25, -0.2) is 12.8 Å². The fraction of sp³-hybridized carbons (Fsp3) is 0.143. The zero-order valence-electron chi connectivity index (χ0n) is 7.01. The van der Waals surface area contributed by atoms with E-state index < -0.39 is 15.8 Å². The van der Waals surface area contributed by atoms with Gasteiger partial charge in [0.1, 0.15) is 5.82 Å². The third-order valence-corrected chi connectivity index (χ3v) is 2.79. The smallest absolute Gasteiger partial charge is 0.229 e. The predicted molar refractivity (Wildman–Crippen MR) is 57.6 cm³/mol. The molecule has 0 saturated heterocycles. The summed E-state index contributed by atoms with van der Waals surface area (Å²) in [5.74, 6) is -0.541. The number of rotatable bonds is 2. The molecule has 0 saturated carbocycles. The van der Waals surface area contributed by atoms with E-state index in [1.807, 2.05) is 0 Å². The zero-order valence-corrected chi connectivity index (χ0v) is 10.2. The van der Waals surface area contributed by atoms with E-state index >= 15 is 0 Å². The van der Waals surface area contributed by atoms with E-state index in [0.717, 1.165) is 18.4 Å². The molecule has 78 valence electrons. The highest BCUT2D eigenvalue weighted by Gasteiger charge is 2.11. The fourth-order valence-corrected chi connectivity index (χ4v) is 2.50. The van der Waals surface area contributed by atoms with E-state index in [0.29, 0.717) is 0 Å². The largest absolute Gasteiger partial charge is 0.281 e. The molecule has 0 radical (unpaired) electrons. The van der Waals surface area contributed by atoms with Crippen LogP contribution in [-0.2, 0) is 10.0 Å². The van der Waals surface area contributed by atoms with Crippen molar-refractivity contribution in [3.63, 3.8) is 0 Å². The highest BCUT2D eigenvalue weighted by molar-refractivity contribution is 9.10. The topological polar surface area (TPSA) is 46.2 Å². The maximum atomic E-state index is 12.7. The van der Waals surface area contributed by atoms with Crippen LogP contribution in [0, 0.1) is 5.82 Å². The molecular formula is C7H6BrClFNO2S. The lowest BCUT2D eigenvalue weighted by Crippen LogP contribution is -2.10. The van der Waals surface area contributed by atoms with E-state index in [4.69, 9.17) is 11.6 Å². The lowest BCUT2D eigenvalue weighted by Gasteiger charge is -2.08. The first-order valence-electron chi connectivity index (χ1n) is 3.42. The number of hydrogen-bond donors (Lipinski definition) is 1.